The zero-order valence-electron chi connectivity index (χ0n) is 9.19. The van der Waals surface area contributed by atoms with E-state index in [9.17, 15) is 8.42 Å². The highest BCUT2D eigenvalue weighted by molar-refractivity contribution is 7.91. The van der Waals surface area contributed by atoms with Crippen LogP contribution >= 0.6 is 11.3 Å². The minimum absolute atomic E-state index is 0.0775. The Morgan fingerprint density at radius 1 is 1.38 bits per heavy atom. The highest BCUT2D eigenvalue weighted by Crippen LogP contribution is 2.21. The van der Waals surface area contributed by atoms with E-state index in [-0.39, 0.29) is 6.04 Å². The summed E-state index contributed by atoms with van der Waals surface area (Å²) in [4.78, 5) is 1.02. The number of hydrogen-bond donors (Lipinski definition) is 2. The molecule has 0 aliphatic carbocycles. The smallest absolute Gasteiger partial charge is 0.250 e. The van der Waals surface area contributed by atoms with Crippen LogP contribution in [0.4, 0.5) is 0 Å². The van der Waals surface area contributed by atoms with Crippen LogP contribution in [-0.4, -0.2) is 27.5 Å². The Kier molecular flexibility index (Phi) is 3.63. The molecule has 1 aliphatic heterocycles. The highest BCUT2D eigenvalue weighted by atomic mass is 32.2. The van der Waals surface area contributed by atoms with Crippen LogP contribution in [0.2, 0.25) is 0 Å². The summed E-state index contributed by atoms with van der Waals surface area (Å²) in [5, 5.41) is 3.21. The topological polar surface area (TPSA) is 58.2 Å². The summed E-state index contributed by atoms with van der Waals surface area (Å²) in [5.74, 6) is 0. The number of piperidine rings is 1. The molecule has 2 N–H and O–H groups in total. The van der Waals surface area contributed by atoms with E-state index in [4.69, 9.17) is 0 Å². The van der Waals surface area contributed by atoms with E-state index in [2.05, 4.69) is 10.0 Å². The van der Waals surface area contributed by atoms with Gasteiger partial charge in [0.2, 0.25) is 10.0 Å². The van der Waals surface area contributed by atoms with Crippen molar-refractivity contribution in [2.75, 3.05) is 13.1 Å². The number of rotatable bonds is 3. The third kappa shape index (κ3) is 2.82. The monoisotopic (exact) mass is 260 g/mol. The van der Waals surface area contributed by atoms with Crippen molar-refractivity contribution >= 4 is 21.4 Å². The van der Waals surface area contributed by atoms with Crippen molar-refractivity contribution in [1.82, 2.24) is 10.0 Å². The molecule has 4 nitrogen and oxygen atoms in total. The molecule has 0 saturated carbocycles. The molecular formula is C10H16N2O2S2. The van der Waals surface area contributed by atoms with Gasteiger partial charge in [0.25, 0.3) is 0 Å². The number of sulfonamides is 1. The fraction of sp³-hybridized carbons (Fsp3) is 0.600. The number of hydrogen-bond acceptors (Lipinski definition) is 4. The van der Waals surface area contributed by atoms with E-state index in [1.807, 2.05) is 13.0 Å². The van der Waals surface area contributed by atoms with Crippen LogP contribution in [0.25, 0.3) is 0 Å². The van der Waals surface area contributed by atoms with Crippen molar-refractivity contribution in [3.8, 4) is 0 Å². The second-order valence-electron chi connectivity index (χ2n) is 4.01. The first-order valence-corrected chi connectivity index (χ1v) is 7.67. The van der Waals surface area contributed by atoms with Crippen molar-refractivity contribution in [3.63, 3.8) is 0 Å². The van der Waals surface area contributed by atoms with Crippen molar-refractivity contribution < 1.29 is 8.42 Å². The molecule has 2 heterocycles. The third-order valence-corrected chi connectivity index (χ3v) is 5.65. The number of nitrogens with one attached hydrogen (secondary N) is 2. The molecule has 90 valence electrons. The second-order valence-corrected chi connectivity index (χ2v) is 7.24. The Bertz CT molecular complexity index is 447. The van der Waals surface area contributed by atoms with E-state index in [1.54, 1.807) is 6.07 Å². The third-order valence-electron chi connectivity index (χ3n) is 2.64. The van der Waals surface area contributed by atoms with Crippen LogP contribution in [0.15, 0.2) is 16.3 Å². The molecule has 1 aromatic rings. The Morgan fingerprint density at radius 2 is 2.06 bits per heavy atom. The van der Waals surface area contributed by atoms with Gasteiger partial charge in [0.1, 0.15) is 4.21 Å². The van der Waals surface area contributed by atoms with Crippen LogP contribution in [0, 0.1) is 6.92 Å². The van der Waals surface area contributed by atoms with Crippen LogP contribution in [0.1, 0.15) is 17.7 Å². The standard InChI is InChI=1S/C10H16N2O2S2/c1-8-2-3-10(15-8)16(13,14)12-9-4-6-11-7-5-9/h2-3,9,11-12H,4-7H2,1H3. The minimum atomic E-state index is -3.30. The normalized spacial score (nSPS) is 18.8. The fourth-order valence-corrected chi connectivity index (χ4v) is 4.38. The molecular weight excluding hydrogens is 244 g/mol. The first-order valence-electron chi connectivity index (χ1n) is 5.37. The van der Waals surface area contributed by atoms with Gasteiger partial charge in [0.15, 0.2) is 0 Å². The van der Waals surface area contributed by atoms with Crippen molar-refractivity contribution in [3.05, 3.63) is 17.0 Å². The Hall–Kier alpha value is -0.430. The molecule has 0 bridgehead atoms. The first kappa shape index (κ1) is 12.0. The van der Waals surface area contributed by atoms with Gasteiger partial charge in [-0.15, -0.1) is 11.3 Å². The summed E-state index contributed by atoms with van der Waals surface area (Å²) in [6, 6.07) is 3.58. The minimum Gasteiger partial charge on any atom is -0.317 e. The van der Waals surface area contributed by atoms with Crippen LogP contribution < -0.4 is 10.0 Å². The summed E-state index contributed by atoms with van der Waals surface area (Å²) in [6.45, 7) is 3.68. The van der Waals surface area contributed by atoms with Gasteiger partial charge in [0, 0.05) is 10.9 Å². The van der Waals surface area contributed by atoms with E-state index in [1.165, 1.54) is 11.3 Å². The van der Waals surface area contributed by atoms with Crippen molar-refractivity contribution in [2.45, 2.75) is 30.0 Å². The molecule has 0 spiro atoms. The molecule has 0 unspecified atom stereocenters. The van der Waals surface area contributed by atoms with Crippen LogP contribution in [-0.2, 0) is 10.0 Å². The second kappa shape index (κ2) is 4.83. The van der Waals surface area contributed by atoms with Gasteiger partial charge in [-0.1, -0.05) is 0 Å². The summed E-state index contributed by atoms with van der Waals surface area (Å²) < 4.78 is 27.2. The van der Waals surface area contributed by atoms with Gasteiger partial charge >= 0.3 is 0 Å². The van der Waals surface area contributed by atoms with E-state index >= 15 is 0 Å². The number of thiophene rings is 1. The lowest BCUT2D eigenvalue weighted by Crippen LogP contribution is -2.42. The maximum Gasteiger partial charge on any atom is 0.250 e. The molecule has 0 amide bonds. The van der Waals surface area contributed by atoms with E-state index in [0.717, 1.165) is 30.8 Å². The molecule has 1 fully saturated rings. The zero-order chi connectivity index (χ0) is 11.6. The number of aryl methyl sites for hydroxylation is 1. The lowest BCUT2D eigenvalue weighted by atomic mass is 10.1. The quantitative estimate of drug-likeness (QED) is 0.855. The van der Waals surface area contributed by atoms with Gasteiger partial charge in [-0.25, -0.2) is 13.1 Å². The molecule has 0 atom stereocenters. The molecule has 2 rings (SSSR count). The molecule has 16 heavy (non-hydrogen) atoms. The van der Waals surface area contributed by atoms with Crippen molar-refractivity contribution in [1.29, 1.82) is 0 Å². The van der Waals surface area contributed by atoms with Gasteiger partial charge in [-0.2, -0.15) is 0 Å². The van der Waals surface area contributed by atoms with Crippen molar-refractivity contribution in [2.24, 2.45) is 0 Å². The Morgan fingerprint density at radius 3 is 2.62 bits per heavy atom. The van der Waals surface area contributed by atoms with E-state index < -0.39 is 10.0 Å². The lowest BCUT2D eigenvalue weighted by Gasteiger charge is -2.23. The maximum atomic E-state index is 12.0. The van der Waals surface area contributed by atoms with E-state index in [0.29, 0.717) is 4.21 Å². The van der Waals surface area contributed by atoms with Gasteiger partial charge in [0.05, 0.1) is 0 Å². The van der Waals surface area contributed by atoms with Gasteiger partial charge in [-0.05, 0) is 45.0 Å². The van der Waals surface area contributed by atoms with Crippen LogP contribution in [0.5, 0.6) is 0 Å². The molecule has 1 saturated heterocycles. The Balaban J connectivity index is 2.07. The van der Waals surface area contributed by atoms with Gasteiger partial charge in [-0.3, -0.25) is 0 Å². The average molecular weight is 260 g/mol. The summed E-state index contributed by atoms with van der Waals surface area (Å²) >= 11 is 1.32. The molecule has 0 radical (unpaired) electrons. The highest BCUT2D eigenvalue weighted by Gasteiger charge is 2.22. The SMILES string of the molecule is Cc1ccc(S(=O)(=O)NC2CCNCC2)s1. The molecule has 6 heteroatoms. The maximum absolute atomic E-state index is 12.0. The summed E-state index contributed by atoms with van der Waals surface area (Å²) in [6.07, 6.45) is 1.73. The molecule has 1 aromatic heterocycles. The van der Waals surface area contributed by atoms with Crippen LogP contribution in [0.3, 0.4) is 0 Å². The lowest BCUT2D eigenvalue weighted by molar-refractivity contribution is 0.427. The molecule has 1 aliphatic rings. The fourth-order valence-electron chi connectivity index (χ4n) is 1.77. The first-order chi connectivity index (χ1) is 7.58. The average Bonchev–Trinajstić information content (AvgIpc) is 2.66. The largest absolute Gasteiger partial charge is 0.317 e. The Labute approximate surface area is 100 Å². The van der Waals surface area contributed by atoms with Gasteiger partial charge < -0.3 is 5.32 Å². The summed E-state index contributed by atoms with van der Waals surface area (Å²) in [7, 11) is -3.30. The predicted molar refractivity (Wildman–Crippen MR) is 65.3 cm³/mol. The predicted octanol–water partition coefficient (Wildman–Crippen LogP) is 1.09. The molecule has 0 aromatic carbocycles. The summed E-state index contributed by atoms with van der Waals surface area (Å²) in [5.41, 5.74) is 0. The zero-order valence-corrected chi connectivity index (χ0v) is 10.8.